The lowest BCUT2D eigenvalue weighted by Gasteiger charge is -2.12. The SMILES string of the molecule is CN=C(NCCCOC)NCc1cccc(OCC(F)F)c1. The van der Waals surface area contributed by atoms with Gasteiger partial charge in [0.05, 0.1) is 0 Å². The van der Waals surface area contributed by atoms with Gasteiger partial charge in [-0.25, -0.2) is 8.78 Å². The number of alkyl halides is 2. The van der Waals surface area contributed by atoms with Gasteiger partial charge in [-0.3, -0.25) is 4.99 Å². The highest BCUT2D eigenvalue weighted by molar-refractivity contribution is 5.79. The summed E-state index contributed by atoms with van der Waals surface area (Å²) in [6.07, 6.45) is -1.59. The Morgan fingerprint density at radius 2 is 2.14 bits per heavy atom. The Kier molecular flexibility index (Phi) is 8.90. The van der Waals surface area contributed by atoms with Crippen molar-refractivity contribution >= 4 is 5.96 Å². The molecule has 7 heteroatoms. The minimum Gasteiger partial charge on any atom is -0.488 e. The van der Waals surface area contributed by atoms with E-state index in [4.69, 9.17) is 9.47 Å². The number of aliphatic imine (C=N–C) groups is 1. The second-order valence-corrected chi connectivity index (χ2v) is 4.55. The van der Waals surface area contributed by atoms with Crippen molar-refractivity contribution in [3.8, 4) is 5.75 Å². The second kappa shape index (κ2) is 10.8. The van der Waals surface area contributed by atoms with E-state index in [0.29, 0.717) is 24.9 Å². The summed E-state index contributed by atoms with van der Waals surface area (Å²) in [4.78, 5) is 4.11. The predicted octanol–water partition coefficient (Wildman–Crippen LogP) is 2.03. The molecule has 0 aliphatic heterocycles. The third-order valence-electron chi connectivity index (χ3n) is 2.78. The Labute approximate surface area is 129 Å². The molecule has 0 unspecified atom stereocenters. The van der Waals surface area contributed by atoms with Crippen LogP contribution in [0.5, 0.6) is 5.75 Å². The molecule has 0 aliphatic carbocycles. The van der Waals surface area contributed by atoms with Crippen LogP contribution in [0.3, 0.4) is 0 Å². The number of hydrogen-bond donors (Lipinski definition) is 2. The van der Waals surface area contributed by atoms with Crippen LogP contribution in [0, 0.1) is 0 Å². The molecular formula is C15H23F2N3O2. The molecular weight excluding hydrogens is 292 g/mol. The predicted molar refractivity (Wildman–Crippen MR) is 82.6 cm³/mol. The fourth-order valence-electron chi connectivity index (χ4n) is 1.73. The highest BCUT2D eigenvalue weighted by atomic mass is 19.3. The largest absolute Gasteiger partial charge is 0.488 e. The van der Waals surface area contributed by atoms with Crippen LogP contribution in [0.4, 0.5) is 8.78 Å². The maximum Gasteiger partial charge on any atom is 0.272 e. The van der Waals surface area contributed by atoms with Gasteiger partial charge in [0, 0.05) is 33.9 Å². The van der Waals surface area contributed by atoms with Gasteiger partial charge in [-0.15, -0.1) is 0 Å². The van der Waals surface area contributed by atoms with Crippen LogP contribution in [-0.4, -0.2) is 46.3 Å². The minimum absolute atomic E-state index is 0.433. The van der Waals surface area contributed by atoms with E-state index in [1.54, 1.807) is 32.4 Å². The fraction of sp³-hybridized carbons (Fsp3) is 0.533. The summed E-state index contributed by atoms with van der Waals surface area (Å²) in [5.41, 5.74) is 0.923. The topological polar surface area (TPSA) is 54.9 Å². The van der Waals surface area contributed by atoms with Crippen LogP contribution < -0.4 is 15.4 Å². The van der Waals surface area contributed by atoms with E-state index >= 15 is 0 Å². The average molecular weight is 315 g/mol. The molecule has 5 nitrogen and oxygen atoms in total. The molecule has 0 aromatic heterocycles. The number of halogens is 2. The lowest BCUT2D eigenvalue weighted by molar-refractivity contribution is 0.0818. The van der Waals surface area contributed by atoms with Crippen LogP contribution in [0.1, 0.15) is 12.0 Å². The maximum absolute atomic E-state index is 12.1. The second-order valence-electron chi connectivity index (χ2n) is 4.55. The molecule has 0 bridgehead atoms. The number of benzene rings is 1. The van der Waals surface area contributed by atoms with Gasteiger partial charge < -0.3 is 20.1 Å². The number of nitrogens with one attached hydrogen (secondary N) is 2. The first-order valence-corrected chi connectivity index (χ1v) is 7.09. The number of guanidine groups is 1. The molecule has 0 atom stereocenters. The highest BCUT2D eigenvalue weighted by Crippen LogP contribution is 2.14. The molecule has 0 saturated carbocycles. The van der Waals surface area contributed by atoms with Gasteiger partial charge in [-0.1, -0.05) is 12.1 Å². The minimum atomic E-state index is -2.48. The van der Waals surface area contributed by atoms with Crippen LogP contribution >= 0.6 is 0 Å². The molecule has 1 rings (SSSR count). The summed E-state index contributed by atoms with van der Waals surface area (Å²) in [6, 6.07) is 7.05. The zero-order valence-corrected chi connectivity index (χ0v) is 12.9. The Bertz CT molecular complexity index is 456. The molecule has 0 aliphatic rings. The first-order chi connectivity index (χ1) is 10.7. The van der Waals surface area contributed by atoms with Gasteiger partial charge in [0.25, 0.3) is 6.43 Å². The molecule has 2 N–H and O–H groups in total. The molecule has 1 aromatic carbocycles. The van der Waals surface area contributed by atoms with Crippen LogP contribution in [0.25, 0.3) is 0 Å². The van der Waals surface area contributed by atoms with Gasteiger partial charge in [-0.05, 0) is 24.1 Å². The van der Waals surface area contributed by atoms with Crippen molar-refractivity contribution < 1.29 is 18.3 Å². The Morgan fingerprint density at radius 3 is 2.82 bits per heavy atom. The molecule has 124 valence electrons. The Balaban J connectivity index is 2.40. The molecule has 0 heterocycles. The Morgan fingerprint density at radius 1 is 1.32 bits per heavy atom. The molecule has 0 fully saturated rings. The van der Waals surface area contributed by atoms with Crippen LogP contribution in [0.2, 0.25) is 0 Å². The lowest BCUT2D eigenvalue weighted by atomic mass is 10.2. The van der Waals surface area contributed by atoms with E-state index in [9.17, 15) is 8.78 Å². The monoisotopic (exact) mass is 315 g/mol. The van der Waals surface area contributed by atoms with E-state index < -0.39 is 13.0 Å². The number of ether oxygens (including phenoxy) is 2. The van der Waals surface area contributed by atoms with Crippen molar-refractivity contribution in [2.24, 2.45) is 4.99 Å². The molecule has 0 saturated heterocycles. The summed E-state index contributed by atoms with van der Waals surface area (Å²) >= 11 is 0. The third-order valence-corrected chi connectivity index (χ3v) is 2.78. The van der Waals surface area contributed by atoms with Gasteiger partial charge >= 0.3 is 0 Å². The van der Waals surface area contributed by atoms with E-state index in [2.05, 4.69) is 15.6 Å². The lowest BCUT2D eigenvalue weighted by Crippen LogP contribution is -2.37. The zero-order valence-electron chi connectivity index (χ0n) is 12.9. The standard InChI is InChI=1S/C15H23F2N3O2/c1-18-15(19-7-4-8-21-2)20-10-12-5-3-6-13(9-12)22-11-14(16)17/h3,5-6,9,14H,4,7-8,10-11H2,1-2H3,(H2,18,19,20). The number of nitrogens with zero attached hydrogens (tertiary/aromatic N) is 1. The van der Waals surface area contributed by atoms with Crippen LogP contribution in [0.15, 0.2) is 29.3 Å². The Hall–Kier alpha value is -1.89. The molecule has 0 spiro atoms. The van der Waals surface area contributed by atoms with E-state index in [-0.39, 0.29) is 0 Å². The average Bonchev–Trinajstić information content (AvgIpc) is 2.52. The highest BCUT2D eigenvalue weighted by Gasteiger charge is 2.04. The first kappa shape index (κ1) is 18.2. The smallest absolute Gasteiger partial charge is 0.272 e. The van der Waals surface area contributed by atoms with E-state index in [1.165, 1.54) is 0 Å². The van der Waals surface area contributed by atoms with Gasteiger partial charge in [0.1, 0.15) is 12.4 Å². The van der Waals surface area contributed by atoms with Gasteiger partial charge in [0.2, 0.25) is 0 Å². The summed E-state index contributed by atoms with van der Waals surface area (Å²) in [7, 11) is 3.35. The quantitative estimate of drug-likeness (QED) is 0.416. The summed E-state index contributed by atoms with van der Waals surface area (Å²) < 4.78 is 34.2. The summed E-state index contributed by atoms with van der Waals surface area (Å²) in [6.45, 7) is 1.37. The third kappa shape index (κ3) is 7.78. The van der Waals surface area contributed by atoms with Crippen molar-refractivity contribution in [1.29, 1.82) is 0 Å². The molecule has 22 heavy (non-hydrogen) atoms. The molecule has 1 aromatic rings. The number of rotatable bonds is 9. The molecule has 0 amide bonds. The van der Waals surface area contributed by atoms with Crippen molar-refractivity contribution in [3.63, 3.8) is 0 Å². The van der Waals surface area contributed by atoms with Crippen LogP contribution in [-0.2, 0) is 11.3 Å². The number of methoxy groups -OCH3 is 1. The maximum atomic E-state index is 12.1. The van der Waals surface area contributed by atoms with Crippen molar-refractivity contribution in [2.45, 2.75) is 19.4 Å². The first-order valence-electron chi connectivity index (χ1n) is 7.09. The van der Waals surface area contributed by atoms with E-state index in [1.807, 2.05) is 6.07 Å². The van der Waals surface area contributed by atoms with Crippen molar-refractivity contribution in [1.82, 2.24) is 10.6 Å². The van der Waals surface area contributed by atoms with Crippen molar-refractivity contribution in [3.05, 3.63) is 29.8 Å². The number of hydrogen-bond acceptors (Lipinski definition) is 3. The fourth-order valence-corrected chi connectivity index (χ4v) is 1.73. The zero-order chi connectivity index (χ0) is 16.2. The van der Waals surface area contributed by atoms with Crippen molar-refractivity contribution in [2.75, 3.05) is 33.9 Å². The summed E-state index contributed by atoms with van der Waals surface area (Å²) in [5.74, 6) is 1.11. The normalized spacial score (nSPS) is 11.6. The van der Waals surface area contributed by atoms with E-state index in [0.717, 1.165) is 18.5 Å². The molecule has 0 radical (unpaired) electrons. The van der Waals surface area contributed by atoms with Gasteiger partial charge in [-0.2, -0.15) is 0 Å². The van der Waals surface area contributed by atoms with Gasteiger partial charge in [0.15, 0.2) is 5.96 Å². The summed E-state index contributed by atoms with van der Waals surface area (Å²) in [5, 5.41) is 6.31.